The Morgan fingerprint density at radius 3 is 2.86 bits per heavy atom. The van der Waals surface area contributed by atoms with Crippen LogP contribution in [-0.2, 0) is 6.42 Å². The minimum absolute atomic E-state index is 0.174. The normalized spacial score (nSPS) is 14.9. The second-order valence-electron chi connectivity index (χ2n) is 6.46. The Morgan fingerprint density at radius 1 is 1.25 bits per heavy atom. The van der Waals surface area contributed by atoms with Crippen molar-refractivity contribution in [3.63, 3.8) is 0 Å². The van der Waals surface area contributed by atoms with E-state index in [4.69, 9.17) is 21.1 Å². The number of amides is 1. The maximum absolute atomic E-state index is 12.4. The quantitative estimate of drug-likeness (QED) is 0.715. The lowest BCUT2D eigenvalue weighted by atomic mass is 10.0. The van der Waals surface area contributed by atoms with Crippen LogP contribution in [0.3, 0.4) is 0 Å². The summed E-state index contributed by atoms with van der Waals surface area (Å²) in [7, 11) is 1.57. The van der Waals surface area contributed by atoms with Crippen molar-refractivity contribution in [3.8, 4) is 22.6 Å². The number of benzene rings is 2. The summed E-state index contributed by atoms with van der Waals surface area (Å²) in [5.74, 6) is 1.14. The molecule has 7 heteroatoms. The van der Waals surface area contributed by atoms with Gasteiger partial charge in [-0.15, -0.1) is 0 Å². The minimum atomic E-state index is -0.177. The molecule has 0 bridgehead atoms. The van der Waals surface area contributed by atoms with Crippen molar-refractivity contribution in [2.24, 2.45) is 0 Å². The molecule has 1 atom stereocenters. The summed E-state index contributed by atoms with van der Waals surface area (Å²) in [6.45, 7) is 0.380. The topological polar surface area (TPSA) is 73.3 Å². The molecular formula is C21H18ClN3O3. The second kappa shape index (κ2) is 7.86. The van der Waals surface area contributed by atoms with E-state index in [9.17, 15) is 4.79 Å². The van der Waals surface area contributed by atoms with Crippen molar-refractivity contribution in [3.05, 3.63) is 71.3 Å². The molecule has 3 aromatic rings. The predicted molar refractivity (Wildman–Crippen MR) is 106 cm³/mol. The van der Waals surface area contributed by atoms with E-state index >= 15 is 0 Å². The van der Waals surface area contributed by atoms with Gasteiger partial charge in [0.25, 0.3) is 5.91 Å². The highest BCUT2D eigenvalue weighted by Gasteiger charge is 2.26. The average Bonchev–Trinajstić information content (AvgIpc) is 3.16. The van der Waals surface area contributed by atoms with E-state index in [0.29, 0.717) is 35.1 Å². The predicted octanol–water partition coefficient (Wildman–Crippen LogP) is 3.54. The first kappa shape index (κ1) is 18.3. The molecular weight excluding hydrogens is 378 g/mol. The number of nitrogens with zero attached hydrogens (tertiary/aromatic N) is 2. The summed E-state index contributed by atoms with van der Waals surface area (Å²) in [5, 5.41) is 3.45. The Bertz CT molecular complexity index is 1010. The molecule has 2 heterocycles. The number of hydrogen-bond acceptors (Lipinski definition) is 5. The standard InChI is InChI=1S/C21H18ClN3O3/c1-27-17-4-2-3-13(6-17)21(26)25-11-18-7-15-5-14(8-19(22)20(15)28-18)16-9-23-12-24-10-16/h2-6,8-10,12,18H,7,11H2,1H3,(H,25,26)/t18-/m1/s1. The fraction of sp³-hybridized carbons (Fsp3) is 0.190. The van der Waals surface area contributed by atoms with Crippen LogP contribution in [0.5, 0.6) is 11.5 Å². The molecule has 2 aromatic carbocycles. The number of ether oxygens (including phenoxy) is 2. The van der Waals surface area contributed by atoms with Crippen molar-refractivity contribution in [1.29, 1.82) is 0 Å². The van der Waals surface area contributed by atoms with E-state index in [0.717, 1.165) is 16.7 Å². The number of carbonyl (C=O) groups is 1. The monoisotopic (exact) mass is 395 g/mol. The molecule has 1 aliphatic rings. The Balaban J connectivity index is 1.43. The smallest absolute Gasteiger partial charge is 0.251 e. The number of rotatable bonds is 5. The van der Waals surface area contributed by atoms with Gasteiger partial charge >= 0.3 is 0 Å². The van der Waals surface area contributed by atoms with Crippen molar-refractivity contribution < 1.29 is 14.3 Å². The van der Waals surface area contributed by atoms with Crippen molar-refractivity contribution in [2.45, 2.75) is 12.5 Å². The molecule has 0 spiro atoms. The zero-order valence-corrected chi connectivity index (χ0v) is 15.9. The Kier molecular flexibility index (Phi) is 5.12. The number of halogens is 1. The number of nitrogens with one attached hydrogen (secondary N) is 1. The van der Waals surface area contributed by atoms with Gasteiger partial charge in [0.1, 0.15) is 23.9 Å². The molecule has 1 N–H and O–H groups in total. The van der Waals surface area contributed by atoms with Gasteiger partial charge in [-0.05, 0) is 35.9 Å². The van der Waals surface area contributed by atoms with Gasteiger partial charge in [-0.1, -0.05) is 17.7 Å². The number of aromatic nitrogens is 2. The first-order valence-electron chi connectivity index (χ1n) is 8.81. The molecule has 0 saturated heterocycles. The maximum Gasteiger partial charge on any atom is 0.251 e. The highest BCUT2D eigenvalue weighted by Crippen LogP contribution is 2.39. The van der Waals surface area contributed by atoms with Crippen LogP contribution >= 0.6 is 11.6 Å². The molecule has 0 radical (unpaired) electrons. The number of hydrogen-bond donors (Lipinski definition) is 1. The van der Waals surface area contributed by atoms with E-state index in [1.807, 2.05) is 12.1 Å². The van der Waals surface area contributed by atoms with E-state index in [-0.39, 0.29) is 12.0 Å². The highest BCUT2D eigenvalue weighted by molar-refractivity contribution is 6.32. The molecule has 28 heavy (non-hydrogen) atoms. The largest absolute Gasteiger partial charge is 0.497 e. The Labute approximate surface area is 167 Å². The summed E-state index contributed by atoms with van der Waals surface area (Å²) >= 11 is 6.41. The summed E-state index contributed by atoms with van der Waals surface area (Å²) in [4.78, 5) is 20.5. The van der Waals surface area contributed by atoms with Gasteiger partial charge < -0.3 is 14.8 Å². The molecule has 0 fully saturated rings. The Morgan fingerprint density at radius 2 is 2.07 bits per heavy atom. The van der Waals surface area contributed by atoms with Crippen LogP contribution in [0, 0.1) is 0 Å². The van der Waals surface area contributed by atoms with Crippen LogP contribution in [0.4, 0.5) is 0 Å². The third-order valence-corrected chi connectivity index (χ3v) is 4.85. The fourth-order valence-electron chi connectivity index (χ4n) is 3.19. The van der Waals surface area contributed by atoms with Crippen molar-refractivity contribution in [1.82, 2.24) is 15.3 Å². The van der Waals surface area contributed by atoms with Crippen LogP contribution in [0.2, 0.25) is 5.02 Å². The van der Waals surface area contributed by atoms with Gasteiger partial charge in [-0.3, -0.25) is 4.79 Å². The first-order valence-corrected chi connectivity index (χ1v) is 9.18. The zero-order valence-electron chi connectivity index (χ0n) is 15.2. The SMILES string of the molecule is COc1cccc(C(=O)NC[C@H]2Cc3cc(-c4cncnc4)cc(Cl)c3O2)c1. The van der Waals surface area contributed by atoms with Crippen LogP contribution in [0.25, 0.3) is 11.1 Å². The van der Waals surface area contributed by atoms with Gasteiger partial charge in [0.15, 0.2) is 0 Å². The number of fused-ring (bicyclic) bond motifs is 1. The van der Waals surface area contributed by atoms with Gasteiger partial charge in [0, 0.05) is 35.5 Å². The lowest BCUT2D eigenvalue weighted by molar-refractivity contribution is 0.0933. The molecule has 0 saturated carbocycles. The summed E-state index contributed by atoms with van der Waals surface area (Å²) in [5.41, 5.74) is 3.38. The van der Waals surface area contributed by atoms with Gasteiger partial charge in [0.05, 0.1) is 18.7 Å². The van der Waals surface area contributed by atoms with Crippen LogP contribution < -0.4 is 14.8 Å². The molecule has 1 amide bonds. The maximum atomic E-state index is 12.4. The van der Waals surface area contributed by atoms with Gasteiger partial charge in [0.2, 0.25) is 0 Å². The van der Waals surface area contributed by atoms with Crippen LogP contribution in [-0.4, -0.2) is 35.6 Å². The third kappa shape index (κ3) is 3.77. The van der Waals surface area contributed by atoms with Gasteiger partial charge in [-0.2, -0.15) is 0 Å². The van der Waals surface area contributed by atoms with Gasteiger partial charge in [-0.25, -0.2) is 9.97 Å². The average molecular weight is 396 g/mol. The fourth-order valence-corrected chi connectivity index (χ4v) is 3.47. The minimum Gasteiger partial charge on any atom is -0.497 e. The molecule has 4 rings (SSSR count). The molecule has 1 aromatic heterocycles. The Hall–Kier alpha value is -3.12. The molecule has 142 valence electrons. The van der Waals surface area contributed by atoms with Crippen molar-refractivity contribution in [2.75, 3.05) is 13.7 Å². The first-order chi connectivity index (χ1) is 13.6. The van der Waals surface area contributed by atoms with E-state index in [1.54, 1.807) is 43.8 Å². The number of carbonyl (C=O) groups excluding carboxylic acids is 1. The molecule has 6 nitrogen and oxygen atoms in total. The summed E-state index contributed by atoms with van der Waals surface area (Å²) < 4.78 is 11.1. The second-order valence-corrected chi connectivity index (χ2v) is 6.87. The van der Waals surface area contributed by atoms with E-state index in [2.05, 4.69) is 15.3 Å². The highest BCUT2D eigenvalue weighted by atomic mass is 35.5. The third-order valence-electron chi connectivity index (χ3n) is 4.57. The molecule has 0 unspecified atom stereocenters. The van der Waals surface area contributed by atoms with E-state index in [1.165, 1.54) is 6.33 Å². The molecule has 0 aliphatic carbocycles. The summed E-state index contributed by atoms with van der Waals surface area (Å²) in [6, 6.07) is 10.9. The zero-order chi connectivity index (χ0) is 19.5. The molecule has 1 aliphatic heterocycles. The lowest BCUT2D eigenvalue weighted by Crippen LogP contribution is -2.34. The van der Waals surface area contributed by atoms with Crippen LogP contribution in [0.1, 0.15) is 15.9 Å². The number of methoxy groups -OCH3 is 1. The van der Waals surface area contributed by atoms with Crippen LogP contribution in [0.15, 0.2) is 55.1 Å². The summed E-state index contributed by atoms with van der Waals surface area (Å²) in [6.07, 6.45) is 5.46. The van der Waals surface area contributed by atoms with E-state index < -0.39 is 0 Å². The lowest BCUT2D eigenvalue weighted by Gasteiger charge is -2.12. The van der Waals surface area contributed by atoms with Crippen molar-refractivity contribution >= 4 is 17.5 Å².